The van der Waals surface area contributed by atoms with Crippen molar-refractivity contribution >= 4 is 11.9 Å². The van der Waals surface area contributed by atoms with Gasteiger partial charge in [0.05, 0.1) is 12.7 Å². The molecular formula is C26H27NO4. The third-order valence-electron chi connectivity index (χ3n) is 5.16. The van der Waals surface area contributed by atoms with Gasteiger partial charge in [0.15, 0.2) is 0 Å². The van der Waals surface area contributed by atoms with Crippen LogP contribution < -0.4 is 10.1 Å². The second-order valence-electron chi connectivity index (χ2n) is 7.41. The van der Waals surface area contributed by atoms with Crippen molar-refractivity contribution < 1.29 is 19.4 Å². The highest BCUT2D eigenvalue weighted by Gasteiger charge is 2.06. The Bertz CT molecular complexity index is 1010. The first-order valence-corrected chi connectivity index (χ1v) is 10.4. The van der Waals surface area contributed by atoms with E-state index in [1.54, 1.807) is 25.3 Å². The average Bonchev–Trinajstić information content (AvgIpc) is 2.81. The number of benzene rings is 3. The Morgan fingerprint density at radius 2 is 1.58 bits per heavy atom. The molecule has 0 saturated carbocycles. The van der Waals surface area contributed by atoms with Crippen molar-refractivity contribution in [2.24, 2.45) is 0 Å². The van der Waals surface area contributed by atoms with Crippen LogP contribution in [0.25, 0.3) is 11.1 Å². The Balaban J connectivity index is 1.40. The molecule has 0 aliphatic heterocycles. The van der Waals surface area contributed by atoms with Crippen molar-refractivity contribution in [1.82, 2.24) is 5.32 Å². The van der Waals surface area contributed by atoms with Gasteiger partial charge in [-0.2, -0.15) is 0 Å². The molecule has 0 unspecified atom stereocenters. The number of carbonyl (C=O) groups is 2. The summed E-state index contributed by atoms with van der Waals surface area (Å²) in [5, 5.41) is 12.1. The van der Waals surface area contributed by atoms with E-state index in [9.17, 15) is 9.59 Å². The van der Waals surface area contributed by atoms with Gasteiger partial charge in [0.2, 0.25) is 5.91 Å². The molecule has 0 heterocycles. The number of unbranched alkanes of at least 4 members (excludes halogenated alkanes) is 1. The summed E-state index contributed by atoms with van der Waals surface area (Å²) in [6, 6.07) is 22.7. The number of methoxy groups -OCH3 is 1. The zero-order valence-electron chi connectivity index (χ0n) is 17.6. The van der Waals surface area contributed by atoms with Crippen LogP contribution >= 0.6 is 0 Å². The maximum atomic E-state index is 12.1. The maximum Gasteiger partial charge on any atom is 0.335 e. The molecule has 0 atom stereocenters. The fourth-order valence-corrected chi connectivity index (χ4v) is 3.34. The van der Waals surface area contributed by atoms with Crippen molar-refractivity contribution in [3.05, 3.63) is 89.5 Å². The smallest absolute Gasteiger partial charge is 0.335 e. The van der Waals surface area contributed by atoms with Crippen LogP contribution in [0.1, 0.15) is 40.7 Å². The molecule has 3 aromatic rings. The summed E-state index contributed by atoms with van der Waals surface area (Å²) < 4.78 is 5.16. The summed E-state index contributed by atoms with van der Waals surface area (Å²) in [6.45, 7) is 0.479. The van der Waals surface area contributed by atoms with E-state index in [0.717, 1.165) is 41.7 Å². The van der Waals surface area contributed by atoms with Gasteiger partial charge < -0.3 is 15.2 Å². The molecule has 0 spiro atoms. The van der Waals surface area contributed by atoms with Crippen LogP contribution in [0.3, 0.4) is 0 Å². The van der Waals surface area contributed by atoms with Gasteiger partial charge in [0.25, 0.3) is 0 Å². The summed E-state index contributed by atoms with van der Waals surface area (Å²) >= 11 is 0. The molecule has 3 rings (SSSR count). The molecule has 0 saturated heterocycles. The van der Waals surface area contributed by atoms with Gasteiger partial charge in [-0.1, -0.05) is 48.5 Å². The topological polar surface area (TPSA) is 75.6 Å². The zero-order valence-corrected chi connectivity index (χ0v) is 17.6. The normalized spacial score (nSPS) is 10.5. The Morgan fingerprint density at radius 1 is 0.871 bits per heavy atom. The van der Waals surface area contributed by atoms with E-state index >= 15 is 0 Å². The monoisotopic (exact) mass is 417 g/mol. The Labute approximate surface area is 182 Å². The highest BCUT2D eigenvalue weighted by molar-refractivity contribution is 5.89. The van der Waals surface area contributed by atoms with Gasteiger partial charge in [-0.15, -0.1) is 0 Å². The zero-order chi connectivity index (χ0) is 22.1. The minimum atomic E-state index is -0.940. The maximum absolute atomic E-state index is 12.1. The summed E-state index contributed by atoms with van der Waals surface area (Å²) in [7, 11) is 1.65. The number of nitrogens with one attached hydrogen (secondary N) is 1. The summed E-state index contributed by atoms with van der Waals surface area (Å²) in [5.41, 5.74) is 4.31. The van der Waals surface area contributed by atoms with Crippen LogP contribution in [0.5, 0.6) is 5.75 Å². The van der Waals surface area contributed by atoms with E-state index in [1.165, 1.54) is 5.56 Å². The van der Waals surface area contributed by atoms with E-state index in [4.69, 9.17) is 9.84 Å². The molecule has 1 amide bonds. The molecule has 0 aromatic heterocycles. The molecule has 160 valence electrons. The number of aromatic carboxylic acids is 1. The Morgan fingerprint density at radius 3 is 2.26 bits per heavy atom. The minimum absolute atomic E-state index is 0.0490. The second-order valence-corrected chi connectivity index (χ2v) is 7.41. The molecule has 0 aliphatic rings. The lowest BCUT2D eigenvalue weighted by molar-refractivity contribution is -0.121. The van der Waals surface area contributed by atoms with Crippen molar-refractivity contribution in [2.45, 2.75) is 32.2 Å². The Kier molecular flexibility index (Phi) is 7.82. The molecule has 5 nitrogen and oxygen atoms in total. The highest BCUT2D eigenvalue weighted by atomic mass is 16.5. The number of ether oxygens (including phenoxy) is 1. The SMILES string of the molecule is COc1ccc(CCCCC(=O)NCc2ccc(-c3cccc(C(=O)O)c3)cc2)cc1. The molecule has 0 radical (unpaired) electrons. The van der Waals surface area contributed by atoms with Crippen LogP contribution in [0.4, 0.5) is 0 Å². The molecule has 0 fully saturated rings. The van der Waals surface area contributed by atoms with E-state index in [2.05, 4.69) is 17.4 Å². The van der Waals surface area contributed by atoms with Gasteiger partial charge in [-0.25, -0.2) is 4.79 Å². The van der Waals surface area contributed by atoms with E-state index < -0.39 is 5.97 Å². The van der Waals surface area contributed by atoms with E-state index in [0.29, 0.717) is 13.0 Å². The van der Waals surface area contributed by atoms with Crippen molar-refractivity contribution in [3.63, 3.8) is 0 Å². The third kappa shape index (κ3) is 6.71. The van der Waals surface area contributed by atoms with E-state index in [1.807, 2.05) is 42.5 Å². The average molecular weight is 418 g/mol. The van der Waals surface area contributed by atoms with Gasteiger partial charge in [-0.05, 0) is 65.8 Å². The number of hydrogen-bond acceptors (Lipinski definition) is 3. The predicted octanol–water partition coefficient (Wildman–Crippen LogP) is 5.09. The van der Waals surface area contributed by atoms with Crippen LogP contribution in [0.2, 0.25) is 0 Å². The molecule has 2 N–H and O–H groups in total. The number of aryl methyl sites for hydroxylation is 1. The summed E-state index contributed by atoms with van der Waals surface area (Å²) in [6.07, 6.45) is 3.26. The number of carbonyl (C=O) groups excluding carboxylic acids is 1. The first-order valence-electron chi connectivity index (χ1n) is 10.4. The predicted molar refractivity (Wildman–Crippen MR) is 121 cm³/mol. The number of carboxylic acids is 1. The number of rotatable bonds is 10. The van der Waals surface area contributed by atoms with Crippen LogP contribution in [-0.4, -0.2) is 24.1 Å². The number of carboxylic acid groups (broad SMARTS) is 1. The first kappa shape index (κ1) is 22.1. The molecule has 5 heteroatoms. The number of hydrogen-bond donors (Lipinski definition) is 2. The molecule has 0 aliphatic carbocycles. The van der Waals surface area contributed by atoms with Gasteiger partial charge >= 0.3 is 5.97 Å². The largest absolute Gasteiger partial charge is 0.497 e. The molecule has 31 heavy (non-hydrogen) atoms. The standard InChI is InChI=1S/C26H27NO4/c1-31-24-15-11-19(12-16-24)5-2-3-8-25(28)27-18-20-9-13-21(14-10-20)22-6-4-7-23(17-22)26(29)30/h4,6-7,9-17H,2-3,5,8,18H2,1H3,(H,27,28)(H,29,30). The summed E-state index contributed by atoms with van der Waals surface area (Å²) in [4.78, 5) is 23.3. The quantitative estimate of drug-likeness (QED) is 0.451. The molecule has 0 bridgehead atoms. The van der Waals surface area contributed by atoms with Crippen molar-refractivity contribution in [1.29, 1.82) is 0 Å². The van der Waals surface area contributed by atoms with Crippen LogP contribution in [0.15, 0.2) is 72.8 Å². The van der Waals surface area contributed by atoms with Crippen molar-refractivity contribution in [3.8, 4) is 16.9 Å². The van der Waals surface area contributed by atoms with E-state index in [-0.39, 0.29) is 11.5 Å². The van der Waals surface area contributed by atoms with Gasteiger partial charge in [0, 0.05) is 13.0 Å². The summed E-state index contributed by atoms with van der Waals surface area (Å²) in [5.74, 6) is -0.0388. The minimum Gasteiger partial charge on any atom is -0.497 e. The van der Waals surface area contributed by atoms with Crippen LogP contribution in [-0.2, 0) is 17.8 Å². The lowest BCUT2D eigenvalue weighted by Crippen LogP contribution is -2.22. The third-order valence-corrected chi connectivity index (χ3v) is 5.16. The lowest BCUT2D eigenvalue weighted by Gasteiger charge is -2.08. The lowest BCUT2D eigenvalue weighted by atomic mass is 10.0. The van der Waals surface area contributed by atoms with Gasteiger partial charge in [-0.3, -0.25) is 4.79 Å². The second kappa shape index (κ2) is 11.0. The van der Waals surface area contributed by atoms with Crippen LogP contribution in [0, 0.1) is 0 Å². The fraction of sp³-hybridized carbons (Fsp3) is 0.231. The molecular weight excluding hydrogens is 390 g/mol. The first-order chi connectivity index (χ1) is 15.0. The Hall–Kier alpha value is -3.60. The highest BCUT2D eigenvalue weighted by Crippen LogP contribution is 2.21. The fourth-order valence-electron chi connectivity index (χ4n) is 3.34. The molecule has 3 aromatic carbocycles. The van der Waals surface area contributed by atoms with Crippen molar-refractivity contribution in [2.75, 3.05) is 7.11 Å². The number of amides is 1. The van der Waals surface area contributed by atoms with Gasteiger partial charge in [0.1, 0.15) is 5.75 Å².